The number of carbonyl (C=O) groups is 1. The van der Waals surface area contributed by atoms with Crippen LogP contribution in [-0.4, -0.2) is 6.79 Å². The molecule has 0 radical (unpaired) electrons. The summed E-state index contributed by atoms with van der Waals surface area (Å²) in [5, 5.41) is 0. The zero-order valence-electron chi connectivity index (χ0n) is 9.22. The molecule has 0 bridgehead atoms. The van der Waals surface area contributed by atoms with Gasteiger partial charge in [-0.3, -0.25) is 0 Å². The highest BCUT2D eigenvalue weighted by Gasteiger charge is 1.81. The van der Waals surface area contributed by atoms with Crippen molar-refractivity contribution in [1.29, 1.82) is 0 Å². The highest BCUT2D eigenvalue weighted by atomic mass is 16.1. The largest absolute Gasteiger partial charge is 0.307 e. The second-order valence-corrected chi connectivity index (χ2v) is 2.55. The van der Waals surface area contributed by atoms with Gasteiger partial charge in [0.25, 0.3) is 0 Å². The molecule has 0 aliphatic carbocycles. The number of carbonyl (C=O) groups excluding carboxylic acids is 1. The van der Waals surface area contributed by atoms with Crippen LogP contribution in [0.1, 0.15) is 46.0 Å². The number of rotatable bonds is 5. The summed E-state index contributed by atoms with van der Waals surface area (Å²) in [5.41, 5.74) is 0. The molecule has 0 atom stereocenters. The third-order valence-corrected chi connectivity index (χ3v) is 1.26. The molecule has 0 aromatic carbocycles. The molecule has 78 valence electrons. The summed E-state index contributed by atoms with van der Waals surface area (Å²) in [6, 6.07) is 0. The molecule has 0 spiro atoms. The molecule has 0 saturated carbocycles. The topological polar surface area (TPSA) is 17.1 Å². The molecule has 0 aliphatic heterocycles. The van der Waals surface area contributed by atoms with Crippen molar-refractivity contribution < 1.29 is 4.79 Å². The van der Waals surface area contributed by atoms with E-state index in [0.717, 1.165) is 0 Å². The fraction of sp³-hybridized carbons (Fsp3) is 0.583. The number of unbranched alkanes of at least 4 members (excludes halogenated alkanes) is 4. The van der Waals surface area contributed by atoms with Crippen LogP contribution in [0.25, 0.3) is 0 Å². The summed E-state index contributed by atoms with van der Waals surface area (Å²) < 4.78 is 0. The first-order valence-corrected chi connectivity index (χ1v) is 4.80. The lowest BCUT2D eigenvalue weighted by atomic mass is 10.2. The lowest BCUT2D eigenvalue weighted by molar-refractivity contribution is -0.0979. The van der Waals surface area contributed by atoms with Crippen molar-refractivity contribution in [3.63, 3.8) is 0 Å². The molecule has 0 aromatic rings. The van der Waals surface area contributed by atoms with Crippen LogP contribution in [0.15, 0.2) is 25.3 Å². The number of allylic oxidation sites excluding steroid dienone is 2. The minimum absolute atomic E-state index is 1.19. The van der Waals surface area contributed by atoms with Gasteiger partial charge in [-0.15, -0.1) is 13.2 Å². The van der Waals surface area contributed by atoms with Gasteiger partial charge in [-0.2, -0.15) is 0 Å². The Morgan fingerprint density at radius 3 is 1.85 bits per heavy atom. The van der Waals surface area contributed by atoms with Gasteiger partial charge in [0.15, 0.2) is 0 Å². The Hall–Kier alpha value is -0.850. The van der Waals surface area contributed by atoms with E-state index in [0.29, 0.717) is 0 Å². The predicted octanol–water partition coefficient (Wildman–Crippen LogP) is 4.15. The molecule has 0 amide bonds. The van der Waals surface area contributed by atoms with Gasteiger partial charge in [-0.1, -0.05) is 38.3 Å². The average molecular weight is 184 g/mol. The van der Waals surface area contributed by atoms with Gasteiger partial charge in [0.1, 0.15) is 6.79 Å². The van der Waals surface area contributed by atoms with Gasteiger partial charge < -0.3 is 4.79 Å². The van der Waals surface area contributed by atoms with Crippen LogP contribution >= 0.6 is 0 Å². The third-order valence-electron chi connectivity index (χ3n) is 1.26. The van der Waals surface area contributed by atoms with E-state index >= 15 is 0 Å². The minimum Gasteiger partial charge on any atom is -0.307 e. The molecule has 0 saturated heterocycles. The van der Waals surface area contributed by atoms with Crippen LogP contribution in [0.3, 0.4) is 0 Å². The molecule has 1 nitrogen and oxygen atoms in total. The third kappa shape index (κ3) is 54.2. The average Bonchev–Trinajstić information content (AvgIpc) is 2.17. The van der Waals surface area contributed by atoms with Gasteiger partial charge >= 0.3 is 0 Å². The smallest absolute Gasteiger partial charge is 0.106 e. The van der Waals surface area contributed by atoms with Crippen molar-refractivity contribution in [2.45, 2.75) is 46.0 Å². The lowest BCUT2D eigenvalue weighted by Crippen LogP contribution is -1.71. The Balaban J connectivity index is -0.000000169. The molecule has 0 N–H and O–H groups in total. The molecule has 1 heteroatoms. The van der Waals surface area contributed by atoms with Gasteiger partial charge in [0.05, 0.1) is 0 Å². The standard InChI is InChI=1S/C8H16.C3H6.CH2O/c1-3-5-7-8-6-4-2;1-3-2;1-2/h3H,1,4-8H2,2H3;3H,1H2,2H3;1H2. The van der Waals surface area contributed by atoms with E-state index in [9.17, 15) is 0 Å². The fourth-order valence-corrected chi connectivity index (χ4v) is 0.715. The van der Waals surface area contributed by atoms with Crippen molar-refractivity contribution in [2.75, 3.05) is 0 Å². The van der Waals surface area contributed by atoms with E-state index in [1.165, 1.54) is 32.1 Å². The quantitative estimate of drug-likeness (QED) is 0.463. The molecule has 0 fully saturated rings. The van der Waals surface area contributed by atoms with Gasteiger partial charge in [0, 0.05) is 0 Å². The van der Waals surface area contributed by atoms with Crippen LogP contribution in [0, 0.1) is 0 Å². The summed E-state index contributed by atoms with van der Waals surface area (Å²) >= 11 is 0. The first-order chi connectivity index (χ1) is 6.33. The summed E-state index contributed by atoms with van der Waals surface area (Å²) in [6.07, 6.45) is 10.4. The van der Waals surface area contributed by atoms with Crippen LogP contribution in [0.2, 0.25) is 0 Å². The Bertz CT molecular complexity index is 87.1. The summed E-state index contributed by atoms with van der Waals surface area (Å²) in [7, 11) is 0. The molecule has 0 unspecified atom stereocenters. The number of hydrogen-bond donors (Lipinski definition) is 0. The first-order valence-electron chi connectivity index (χ1n) is 4.80. The maximum absolute atomic E-state index is 8.00. The maximum Gasteiger partial charge on any atom is 0.106 e. The molecule has 13 heavy (non-hydrogen) atoms. The molecule has 0 rings (SSSR count). The van der Waals surface area contributed by atoms with E-state index in [1.807, 2.05) is 19.8 Å². The maximum atomic E-state index is 8.00. The van der Waals surface area contributed by atoms with Crippen LogP contribution in [-0.2, 0) is 4.79 Å². The molecular formula is C12H24O. The van der Waals surface area contributed by atoms with Crippen molar-refractivity contribution in [3.8, 4) is 0 Å². The zero-order valence-corrected chi connectivity index (χ0v) is 9.22. The van der Waals surface area contributed by atoms with Crippen LogP contribution in [0.5, 0.6) is 0 Å². The predicted molar refractivity (Wildman–Crippen MR) is 61.9 cm³/mol. The Kier molecular flexibility index (Phi) is 42.1. The SMILES string of the molecule is C=CC.C=CCCCCCC.C=O. The van der Waals surface area contributed by atoms with E-state index in [-0.39, 0.29) is 0 Å². The highest BCUT2D eigenvalue weighted by Crippen LogP contribution is 2.01. The summed E-state index contributed by atoms with van der Waals surface area (Å²) in [5.74, 6) is 0. The highest BCUT2D eigenvalue weighted by molar-refractivity contribution is 5.10. The van der Waals surface area contributed by atoms with E-state index in [1.54, 1.807) is 6.08 Å². The Morgan fingerprint density at radius 1 is 1.08 bits per heavy atom. The summed E-state index contributed by atoms with van der Waals surface area (Å²) in [4.78, 5) is 8.00. The first kappa shape index (κ1) is 18.0. The monoisotopic (exact) mass is 184 g/mol. The lowest BCUT2D eigenvalue weighted by Gasteiger charge is -1.91. The zero-order chi connectivity index (χ0) is 10.9. The van der Waals surface area contributed by atoms with Gasteiger partial charge in [-0.25, -0.2) is 0 Å². The molecule has 0 aliphatic rings. The molecule has 0 aromatic heterocycles. The Labute approximate surface area is 83.5 Å². The molecule has 0 heterocycles. The van der Waals surface area contributed by atoms with Gasteiger partial charge in [0.2, 0.25) is 0 Å². The van der Waals surface area contributed by atoms with Crippen molar-refractivity contribution in [2.24, 2.45) is 0 Å². The van der Waals surface area contributed by atoms with Crippen LogP contribution in [0.4, 0.5) is 0 Å². The minimum atomic E-state index is 1.19. The molecular weight excluding hydrogens is 160 g/mol. The number of hydrogen-bond acceptors (Lipinski definition) is 1. The van der Waals surface area contributed by atoms with Crippen molar-refractivity contribution >= 4 is 6.79 Å². The Morgan fingerprint density at radius 2 is 1.54 bits per heavy atom. The normalized spacial score (nSPS) is 6.92. The fourth-order valence-electron chi connectivity index (χ4n) is 0.715. The summed E-state index contributed by atoms with van der Waals surface area (Å²) in [6.45, 7) is 13.1. The second-order valence-electron chi connectivity index (χ2n) is 2.55. The van der Waals surface area contributed by atoms with E-state index in [2.05, 4.69) is 20.1 Å². The second kappa shape index (κ2) is 30.4. The van der Waals surface area contributed by atoms with Crippen LogP contribution < -0.4 is 0 Å². The van der Waals surface area contributed by atoms with E-state index in [4.69, 9.17) is 4.79 Å². The van der Waals surface area contributed by atoms with E-state index < -0.39 is 0 Å². The van der Waals surface area contributed by atoms with Crippen molar-refractivity contribution in [1.82, 2.24) is 0 Å². The van der Waals surface area contributed by atoms with Crippen molar-refractivity contribution in [3.05, 3.63) is 25.3 Å². The van der Waals surface area contributed by atoms with Gasteiger partial charge in [-0.05, 0) is 19.8 Å².